The van der Waals surface area contributed by atoms with Gasteiger partial charge in [-0.25, -0.2) is 0 Å². The Kier molecular flexibility index (Phi) is 5.17. The number of aliphatic hydroxyl groups is 1. The molecular formula is C16H18BrNO2. The smallest absolute Gasteiger partial charge is 0.120 e. The van der Waals surface area contributed by atoms with Gasteiger partial charge >= 0.3 is 0 Å². The molecule has 0 fully saturated rings. The van der Waals surface area contributed by atoms with Crippen molar-refractivity contribution in [3.8, 4) is 5.75 Å². The van der Waals surface area contributed by atoms with Crippen molar-refractivity contribution in [2.75, 3.05) is 6.54 Å². The van der Waals surface area contributed by atoms with Crippen LogP contribution in [0.3, 0.4) is 0 Å². The van der Waals surface area contributed by atoms with Gasteiger partial charge in [0.15, 0.2) is 0 Å². The first kappa shape index (κ1) is 15.0. The number of benzene rings is 2. The third-order valence-electron chi connectivity index (χ3n) is 3.12. The number of nitrogens with one attached hydrogen (secondary N) is 1. The molecule has 2 aromatic rings. The van der Waals surface area contributed by atoms with Gasteiger partial charge in [0.2, 0.25) is 0 Å². The number of aromatic hydroxyl groups is 1. The Hall–Kier alpha value is -1.36. The van der Waals surface area contributed by atoms with Gasteiger partial charge in [-0.15, -0.1) is 0 Å². The largest absolute Gasteiger partial charge is 0.508 e. The summed E-state index contributed by atoms with van der Waals surface area (Å²) in [6.45, 7) is 2.95. The second kappa shape index (κ2) is 6.88. The molecule has 0 heterocycles. The molecule has 0 aliphatic heterocycles. The fourth-order valence-electron chi connectivity index (χ4n) is 2.03. The van der Waals surface area contributed by atoms with E-state index < -0.39 is 6.10 Å². The Labute approximate surface area is 127 Å². The van der Waals surface area contributed by atoms with E-state index in [-0.39, 0.29) is 5.75 Å². The van der Waals surface area contributed by atoms with Crippen LogP contribution < -0.4 is 5.32 Å². The molecule has 2 aromatic carbocycles. The fraction of sp³-hybridized carbons (Fsp3) is 0.250. The maximum absolute atomic E-state index is 10.1. The molecule has 1 unspecified atom stereocenters. The molecule has 106 valence electrons. The molecule has 20 heavy (non-hydrogen) atoms. The maximum atomic E-state index is 10.1. The van der Waals surface area contributed by atoms with Crippen molar-refractivity contribution >= 4 is 15.9 Å². The molecule has 3 N–H and O–H groups in total. The summed E-state index contributed by atoms with van der Waals surface area (Å²) in [5.41, 5.74) is 2.83. The van der Waals surface area contributed by atoms with E-state index in [9.17, 15) is 10.2 Å². The van der Waals surface area contributed by atoms with Gasteiger partial charge in [-0.2, -0.15) is 0 Å². The Morgan fingerprint density at radius 2 is 2.00 bits per heavy atom. The molecule has 4 heteroatoms. The Balaban J connectivity index is 1.91. The lowest BCUT2D eigenvalue weighted by Crippen LogP contribution is -2.21. The summed E-state index contributed by atoms with van der Waals surface area (Å²) in [4.78, 5) is 0. The van der Waals surface area contributed by atoms with Crippen molar-refractivity contribution in [1.29, 1.82) is 0 Å². The zero-order valence-electron chi connectivity index (χ0n) is 11.3. The average Bonchev–Trinajstić information content (AvgIpc) is 2.42. The summed E-state index contributed by atoms with van der Waals surface area (Å²) in [6.07, 6.45) is -0.552. The topological polar surface area (TPSA) is 52.5 Å². The van der Waals surface area contributed by atoms with E-state index >= 15 is 0 Å². The maximum Gasteiger partial charge on any atom is 0.120 e. The van der Waals surface area contributed by atoms with Crippen LogP contribution >= 0.6 is 15.9 Å². The molecular weight excluding hydrogens is 318 g/mol. The van der Waals surface area contributed by atoms with Crippen LogP contribution in [0.15, 0.2) is 46.9 Å². The number of aryl methyl sites for hydroxylation is 1. The number of phenolic OH excluding ortho intramolecular Hbond substituents is 1. The van der Waals surface area contributed by atoms with E-state index in [1.807, 2.05) is 37.3 Å². The van der Waals surface area contributed by atoms with Crippen LogP contribution in [-0.2, 0) is 6.54 Å². The highest BCUT2D eigenvalue weighted by molar-refractivity contribution is 9.10. The van der Waals surface area contributed by atoms with Gasteiger partial charge in [-0.05, 0) is 30.7 Å². The van der Waals surface area contributed by atoms with Crippen LogP contribution in [0.25, 0.3) is 0 Å². The molecule has 0 bridgehead atoms. The SMILES string of the molecule is Cc1cccc(C(O)CNCc2cc(Br)ccc2O)c1. The lowest BCUT2D eigenvalue weighted by Gasteiger charge is -2.13. The van der Waals surface area contributed by atoms with E-state index in [1.54, 1.807) is 12.1 Å². The predicted molar refractivity (Wildman–Crippen MR) is 83.7 cm³/mol. The second-order valence-corrected chi connectivity index (χ2v) is 5.75. The zero-order chi connectivity index (χ0) is 14.5. The minimum Gasteiger partial charge on any atom is -0.508 e. The van der Waals surface area contributed by atoms with E-state index in [4.69, 9.17) is 0 Å². The van der Waals surface area contributed by atoms with Crippen LogP contribution in [0.5, 0.6) is 5.75 Å². The molecule has 0 saturated carbocycles. The zero-order valence-corrected chi connectivity index (χ0v) is 12.9. The van der Waals surface area contributed by atoms with Gasteiger partial charge in [0.1, 0.15) is 5.75 Å². The molecule has 1 atom stereocenters. The molecule has 2 rings (SSSR count). The van der Waals surface area contributed by atoms with Crippen LogP contribution in [0.2, 0.25) is 0 Å². The summed E-state index contributed by atoms with van der Waals surface area (Å²) in [7, 11) is 0. The minimum absolute atomic E-state index is 0.255. The standard InChI is InChI=1S/C16H18BrNO2/c1-11-3-2-4-12(7-11)16(20)10-18-9-13-8-14(17)5-6-15(13)19/h2-8,16,18-20H,9-10H2,1H3. The van der Waals surface area contributed by atoms with E-state index in [1.165, 1.54) is 0 Å². The lowest BCUT2D eigenvalue weighted by molar-refractivity contribution is 0.174. The fourth-order valence-corrected chi connectivity index (χ4v) is 2.44. The van der Waals surface area contributed by atoms with Gasteiger partial charge in [-0.1, -0.05) is 45.8 Å². The number of rotatable bonds is 5. The highest BCUT2D eigenvalue weighted by atomic mass is 79.9. The van der Waals surface area contributed by atoms with Crippen LogP contribution in [-0.4, -0.2) is 16.8 Å². The molecule has 0 aromatic heterocycles. The van der Waals surface area contributed by atoms with Crippen molar-refractivity contribution < 1.29 is 10.2 Å². The van der Waals surface area contributed by atoms with Crippen molar-refractivity contribution in [2.45, 2.75) is 19.6 Å². The number of halogens is 1. The van der Waals surface area contributed by atoms with Crippen molar-refractivity contribution in [3.63, 3.8) is 0 Å². The third-order valence-corrected chi connectivity index (χ3v) is 3.61. The molecule has 0 aliphatic rings. The highest BCUT2D eigenvalue weighted by Gasteiger charge is 2.08. The normalized spacial score (nSPS) is 12.3. The van der Waals surface area contributed by atoms with Crippen LogP contribution in [0.4, 0.5) is 0 Å². The van der Waals surface area contributed by atoms with Gasteiger partial charge in [0.05, 0.1) is 6.10 Å². The van der Waals surface area contributed by atoms with Crippen LogP contribution in [0.1, 0.15) is 22.8 Å². The summed E-state index contributed by atoms with van der Waals surface area (Å²) in [6, 6.07) is 13.1. The Morgan fingerprint density at radius 1 is 1.20 bits per heavy atom. The lowest BCUT2D eigenvalue weighted by atomic mass is 10.1. The highest BCUT2D eigenvalue weighted by Crippen LogP contribution is 2.21. The molecule has 0 radical (unpaired) electrons. The number of hydrogen-bond acceptors (Lipinski definition) is 3. The van der Waals surface area contributed by atoms with Crippen LogP contribution in [0, 0.1) is 6.92 Å². The first-order chi connectivity index (χ1) is 9.56. The summed E-state index contributed by atoms with van der Waals surface area (Å²) in [5, 5.41) is 23.0. The van der Waals surface area contributed by atoms with Crippen molar-refractivity contribution in [1.82, 2.24) is 5.32 Å². The van der Waals surface area contributed by atoms with E-state index in [0.29, 0.717) is 13.1 Å². The monoisotopic (exact) mass is 335 g/mol. The molecule has 0 saturated heterocycles. The summed E-state index contributed by atoms with van der Waals surface area (Å²) < 4.78 is 0.923. The second-order valence-electron chi connectivity index (χ2n) is 4.83. The van der Waals surface area contributed by atoms with Gasteiger partial charge in [-0.3, -0.25) is 0 Å². The van der Waals surface area contributed by atoms with Crippen molar-refractivity contribution in [2.24, 2.45) is 0 Å². The van der Waals surface area contributed by atoms with Gasteiger partial charge < -0.3 is 15.5 Å². The number of hydrogen-bond donors (Lipinski definition) is 3. The average molecular weight is 336 g/mol. The third kappa shape index (κ3) is 4.07. The summed E-state index contributed by atoms with van der Waals surface area (Å²) >= 11 is 3.37. The first-order valence-corrected chi connectivity index (χ1v) is 7.28. The molecule has 0 spiro atoms. The molecule has 0 amide bonds. The van der Waals surface area contributed by atoms with Crippen molar-refractivity contribution in [3.05, 3.63) is 63.6 Å². The Morgan fingerprint density at radius 3 is 2.75 bits per heavy atom. The van der Waals surface area contributed by atoms with Gasteiger partial charge in [0, 0.05) is 23.1 Å². The number of aliphatic hydroxyl groups excluding tert-OH is 1. The van der Waals surface area contributed by atoms with E-state index in [2.05, 4.69) is 21.2 Å². The minimum atomic E-state index is -0.552. The number of phenols is 1. The molecule has 0 aliphatic carbocycles. The Bertz CT molecular complexity index is 586. The summed E-state index contributed by atoms with van der Waals surface area (Å²) in [5.74, 6) is 0.255. The first-order valence-electron chi connectivity index (χ1n) is 6.49. The van der Waals surface area contributed by atoms with Gasteiger partial charge in [0.25, 0.3) is 0 Å². The molecule has 3 nitrogen and oxygen atoms in total. The van der Waals surface area contributed by atoms with E-state index in [0.717, 1.165) is 21.2 Å². The predicted octanol–water partition coefficient (Wildman–Crippen LogP) is 3.29. The quantitative estimate of drug-likeness (QED) is 0.785.